The van der Waals surface area contributed by atoms with E-state index in [4.69, 9.17) is 0 Å². The van der Waals surface area contributed by atoms with E-state index >= 15 is 0 Å². The zero-order chi connectivity index (χ0) is 18.1. The number of carbonyl (C=O) groups is 2. The van der Waals surface area contributed by atoms with Crippen molar-refractivity contribution >= 4 is 17.8 Å². The Labute approximate surface area is 149 Å². The van der Waals surface area contributed by atoms with E-state index < -0.39 is 5.91 Å². The van der Waals surface area contributed by atoms with Gasteiger partial charge >= 0.3 is 0 Å². The van der Waals surface area contributed by atoms with Gasteiger partial charge in [0.05, 0.1) is 18.4 Å². The summed E-state index contributed by atoms with van der Waals surface area (Å²) in [5.74, 6) is 0.165. The maximum Gasteiger partial charge on any atom is 0.285 e. The van der Waals surface area contributed by atoms with Gasteiger partial charge in [0.15, 0.2) is 5.82 Å². The number of nitrogens with one attached hydrogen (secondary N) is 1. The van der Waals surface area contributed by atoms with Gasteiger partial charge in [-0.15, -0.1) is 0 Å². The number of guanidine groups is 1. The molecule has 26 heavy (non-hydrogen) atoms. The van der Waals surface area contributed by atoms with Crippen molar-refractivity contribution in [3.05, 3.63) is 66.6 Å². The van der Waals surface area contributed by atoms with Gasteiger partial charge in [0, 0.05) is 19.4 Å². The average Bonchev–Trinajstić information content (AvgIpc) is 3.35. The summed E-state index contributed by atoms with van der Waals surface area (Å²) in [4.78, 5) is 29.9. The number of carbonyl (C=O) groups excluding carboxylic acids is 2. The highest BCUT2D eigenvalue weighted by Crippen LogP contribution is 2.20. The van der Waals surface area contributed by atoms with Crippen LogP contribution in [-0.2, 0) is 4.79 Å². The van der Waals surface area contributed by atoms with E-state index in [0.29, 0.717) is 11.4 Å². The van der Waals surface area contributed by atoms with Crippen LogP contribution in [0.1, 0.15) is 10.4 Å². The molecule has 1 fully saturated rings. The van der Waals surface area contributed by atoms with Gasteiger partial charge in [-0.25, -0.2) is 4.68 Å². The summed E-state index contributed by atoms with van der Waals surface area (Å²) < 4.78 is 3.49. The quantitative estimate of drug-likeness (QED) is 0.771. The molecule has 1 aliphatic heterocycles. The van der Waals surface area contributed by atoms with E-state index in [1.54, 1.807) is 16.6 Å². The van der Waals surface area contributed by atoms with Crippen LogP contribution in [0.5, 0.6) is 0 Å². The van der Waals surface area contributed by atoms with E-state index in [1.165, 1.54) is 6.20 Å². The number of para-hydroxylation sites is 1. The van der Waals surface area contributed by atoms with Crippen LogP contribution in [0, 0.1) is 0 Å². The second kappa shape index (κ2) is 6.32. The molecule has 1 saturated heterocycles. The Morgan fingerprint density at radius 2 is 1.88 bits per heavy atom. The molecule has 8 nitrogen and oxygen atoms in total. The molecule has 4 rings (SSSR count). The van der Waals surface area contributed by atoms with Crippen LogP contribution in [-0.4, -0.2) is 50.6 Å². The Kier molecular flexibility index (Phi) is 3.85. The summed E-state index contributed by atoms with van der Waals surface area (Å²) in [5.41, 5.74) is 1.17. The highest BCUT2D eigenvalue weighted by atomic mass is 16.2. The Balaban J connectivity index is 1.80. The molecule has 0 spiro atoms. The largest absolute Gasteiger partial charge is 0.336 e. The van der Waals surface area contributed by atoms with Crippen molar-refractivity contribution in [1.82, 2.24) is 24.6 Å². The lowest BCUT2D eigenvalue weighted by Crippen LogP contribution is -2.28. The molecule has 130 valence electrons. The molecule has 0 aliphatic carbocycles. The summed E-state index contributed by atoms with van der Waals surface area (Å²) >= 11 is 0. The van der Waals surface area contributed by atoms with Crippen molar-refractivity contribution in [2.24, 2.45) is 4.99 Å². The predicted octanol–water partition coefficient (Wildman–Crippen LogP) is 1.22. The number of nitrogens with zero attached hydrogens (tertiary/aromatic N) is 5. The van der Waals surface area contributed by atoms with Gasteiger partial charge in [-0.05, 0) is 24.3 Å². The zero-order valence-electron chi connectivity index (χ0n) is 14.0. The van der Waals surface area contributed by atoms with E-state index in [9.17, 15) is 9.59 Å². The van der Waals surface area contributed by atoms with E-state index in [2.05, 4.69) is 15.4 Å². The molecule has 0 atom stereocenters. The normalized spacial score (nSPS) is 15.5. The van der Waals surface area contributed by atoms with Crippen molar-refractivity contribution in [2.45, 2.75) is 0 Å². The second-order valence-electron chi connectivity index (χ2n) is 5.86. The fourth-order valence-electron chi connectivity index (χ4n) is 2.79. The lowest BCUT2D eigenvalue weighted by molar-refractivity contribution is -0.118. The van der Waals surface area contributed by atoms with E-state index in [0.717, 1.165) is 5.69 Å². The molecule has 0 radical (unpaired) electrons. The number of likely N-dealkylation sites (N-methyl/N-ethyl adjacent to an activating group) is 1. The topological polar surface area (TPSA) is 84.5 Å². The molecule has 0 unspecified atom stereocenters. The molecule has 1 aliphatic rings. The molecule has 8 heteroatoms. The molecule has 1 N–H and O–H groups in total. The van der Waals surface area contributed by atoms with Crippen molar-refractivity contribution in [3.63, 3.8) is 0 Å². The smallest absolute Gasteiger partial charge is 0.285 e. The summed E-state index contributed by atoms with van der Waals surface area (Å²) in [6.07, 6.45) is 5.17. The predicted molar refractivity (Wildman–Crippen MR) is 95.4 cm³/mol. The Bertz CT molecular complexity index is 988. The minimum atomic E-state index is -0.472. The Morgan fingerprint density at radius 1 is 1.15 bits per heavy atom. The molecule has 1 aromatic carbocycles. The minimum Gasteiger partial charge on any atom is -0.336 e. The van der Waals surface area contributed by atoms with Gasteiger partial charge in [0.2, 0.25) is 11.9 Å². The molecule has 2 amide bonds. The molecule has 2 aromatic heterocycles. The minimum absolute atomic E-state index is 0.180. The third kappa shape index (κ3) is 2.77. The summed E-state index contributed by atoms with van der Waals surface area (Å²) in [6.45, 7) is 0.180. The second-order valence-corrected chi connectivity index (χ2v) is 5.86. The third-order valence-electron chi connectivity index (χ3n) is 4.03. The van der Waals surface area contributed by atoms with Crippen LogP contribution >= 0.6 is 0 Å². The number of hydrogen-bond acceptors (Lipinski definition) is 3. The lowest BCUT2D eigenvalue weighted by atomic mass is 10.3. The average molecular weight is 348 g/mol. The molecular weight excluding hydrogens is 332 g/mol. The zero-order valence-corrected chi connectivity index (χ0v) is 14.0. The number of aliphatic imine (C=N–C) groups is 1. The first kappa shape index (κ1) is 15.8. The summed E-state index contributed by atoms with van der Waals surface area (Å²) in [5, 5.41) is 6.96. The van der Waals surface area contributed by atoms with Crippen LogP contribution in [0.15, 0.2) is 66.0 Å². The van der Waals surface area contributed by atoms with Gasteiger partial charge in [0.25, 0.3) is 5.91 Å². The van der Waals surface area contributed by atoms with Crippen molar-refractivity contribution < 1.29 is 9.59 Å². The first-order chi connectivity index (χ1) is 12.6. The van der Waals surface area contributed by atoms with Crippen LogP contribution in [0.3, 0.4) is 0 Å². The van der Waals surface area contributed by atoms with Gasteiger partial charge in [-0.3, -0.25) is 14.9 Å². The fourth-order valence-corrected chi connectivity index (χ4v) is 2.79. The van der Waals surface area contributed by atoms with E-state index in [1.807, 2.05) is 59.4 Å². The molecule has 3 aromatic rings. The fraction of sp³-hybridized carbons (Fsp3) is 0.111. The van der Waals surface area contributed by atoms with Crippen LogP contribution < -0.4 is 5.32 Å². The monoisotopic (exact) mass is 348 g/mol. The highest BCUT2D eigenvalue weighted by Gasteiger charge is 2.25. The molecule has 0 saturated carbocycles. The third-order valence-corrected chi connectivity index (χ3v) is 4.03. The SMILES string of the molecule is CN1CC(=O)NC1=NC(=O)c1cnn(-c2ccccc2)c1-n1cccc1. The number of aromatic nitrogens is 3. The first-order valence-corrected chi connectivity index (χ1v) is 8.04. The van der Waals surface area contributed by atoms with Crippen LogP contribution in [0.2, 0.25) is 0 Å². The van der Waals surface area contributed by atoms with Crippen molar-refractivity contribution in [2.75, 3.05) is 13.6 Å². The van der Waals surface area contributed by atoms with Gasteiger partial charge in [-0.2, -0.15) is 10.1 Å². The van der Waals surface area contributed by atoms with Crippen LogP contribution in [0.25, 0.3) is 11.5 Å². The summed E-state index contributed by atoms with van der Waals surface area (Å²) in [6, 6.07) is 13.3. The molecule has 0 bridgehead atoms. The highest BCUT2D eigenvalue weighted by molar-refractivity contribution is 6.11. The number of rotatable bonds is 3. The van der Waals surface area contributed by atoms with Gasteiger partial charge in [-0.1, -0.05) is 18.2 Å². The van der Waals surface area contributed by atoms with Crippen molar-refractivity contribution in [1.29, 1.82) is 0 Å². The standard InChI is InChI=1S/C18H16N6O2/c1-22-12-15(25)20-18(22)21-16(26)14-11-19-24(13-7-3-2-4-8-13)17(14)23-9-5-6-10-23/h2-11H,12H2,1H3,(H,20,21,25,26). The first-order valence-electron chi connectivity index (χ1n) is 8.04. The van der Waals surface area contributed by atoms with Gasteiger partial charge < -0.3 is 9.47 Å². The Morgan fingerprint density at radius 3 is 2.54 bits per heavy atom. The number of hydrogen-bond donors (Lipinski definition) is 1. The van der Waals surface area contributed by atoms with Gasteiger partial charge in [0.1, 0.15) is 5.56 Å². The summed E-state index contributed by atoms with van der Waals surface area (Å²) in [7, 11) is 1.70. The maximum absolute atomic E-state index is 12.8. The number of benzene rings is 1. The lowest BCUT2D eigenvalue weighted by Gasteiger charge is -2.10. The molecular formula is C18H16N6O2. The van der Waals surface area contributed by atoms with Crippen LogP contribution in [0.4, 0.5) is 0 Å². The number of amides is 2. The molecule has 3 heterocycles. The van der Waals surface area contributed by atoms with Crippen molar-refractivity contribution in [3.8, 4) is 11.5 Å². The maximum atomic E-state index is 12.8. The van der Waals surface area contributed by atoms with E-state index in [-0.39, 0.29) is 18.4 Å². The Hall–Kier alpha value is -3.68.